The Labute approximate surface area is 141 Å². The summed E-state index contributed by atoms with van der Waals surface area (Å²) in [6.07, 6.45) is 0.731. The van der Waals surface area contributed by atoms with Gasteiger partial charge in [0.25, 0.3) is 0 Å². The van der Waals surface area contributed by atoms with Gasteiger partial charge in [0.1, 0.15) is 0 Å². The molecule has 0 aromatic heterocycles. The number of carbonyl (C=O) groups excluding carboxylic acids is 2. The molecule has 124 valence electrons. The maximum atomic E-state index is 12.4. The van der Waals surface area contributed by atoms with E-state index in [-0.39, 0.29) is 6.03 Å². The molecule has 0 radical (unpaired) electrons. The zero-order valence-corrected chi connectivity index (χ0v) is 13.7. The fourth-order valence-electron chi connectivity index (χ4n) is 2.88. The Bertz CT molecular complexity index is 769. The summed E-state index contributed by atoms with van der Waals surface area (Å²) < 4.78 is 0. The Balaban J connectivity index is 1.61. The van der Waals surface area contributed by atoms with Crippen LogP contribution in [-0.2, 0) is 19.5 Å². The van der Waals surface area contributed by atoms with Crippen LogP contribution in [0, 0.1) is 6.92 Å². The van der Waals surface area contributed by atoms with Crippen molar-refractivity contribution < 1.29 is 9.59 Å². The fraction of sp³-hybridized carbons (Fsp3) is 0.263. The van der Waals surface area contributed by atoms with E-state index in [0.29, 0.717) is 25.2 Å². The standard InChI is InChI=1S/C19H21N3O2/c1-13-2-4-14(5-3-13)11-21-19(24)22-9-8-15-10-16(18(20)23)6-7-17(15)12-22/h2-7,10H,8-9,11-12H2,1H3,(H2,20,23)(H,21,24). The van der Waals surface area contributed by atoms with E-state index < -0.39 is 5.91 Å². The first-order valence-corrected chi connectivity index (χ1v) is 8.03. The monoisotopic (exact) mass is 323 g/mol. The lowest BCUT2D eigenvalue weighted by Crippen LogP contribution is -2.42. The number of amides is 3. The molecule has 1 aliphatic heterocycles. The summed E-state index contributed by atoms with van der Waals surface area (Å²) in [5.74, 6) is -0.420. The average molecular weight is 323 g/mol. The van der Waals surface area contributed by atoms with Crippen LogP contribution in [0.2, 0.25) is 0 Å². The second-order valence-corrected chi connectivity index (χ2v) is 6.16. The second kappa shape index (κ2) is 6.74. The van der Waals surface area contributed by atoms with Crippen LogP contribution in [-0.4, -0.2) is 23.4 Å². The molecule has 3 rings (SSSR count). The SMILES string of the molecule is Cc1ccc(CNC(=O)N2CCc3cc(C(N)=O)ccc3C2)cc1. The molecule has 24 heavy (non-hydrogen) atoms. The van der Waals surface area contributed by atoms with E-state index >= 15 is 0 Å². The number of fused-ring (bicyclic) bond motifs is 1. The van der Waals surface area contributed by atoms with Crippen molar-refractivity contribution in [3.8, 4) is 0 Å². The predicted molar refractivity (Wildman–Crippen MR) is 92.5 cm³/mol. The summed E-state index contributed by atoms with van der Waals surface area (Å²) >= 11 is 0. The van der Waals surface area contributed by atoms with Crippen molar-refractivity contribution in [1.82, 2.24) is 10.2 Å². The van der Waals surface area contributed by atoms with Crippen molar-refractivity contribution >= 4 is 11.9 Å². The Kier molecular flexibility index (Phi) is 4.51. The summed E-state index contributed by atoms with van der Waals surface area (Å²) in [4.78, 5) is 25.4. The minimum Gasteiger partial charge on any atom is -0.366 e. The first-order chi connectivity index (χ1) is 11.5. The van der Waals surface area contributed by atoms with Gasteiger partial charge in [-0.15, -0.1) is 0 Å². The molecule has 1 aliphatic rings. The van der Waals surface area contributed by atoms with Crippen LogP contribution in [0.3, 0.4) is 0 Å². The predicted octanol–water partition coefficient (Wildman–Crippen LogP) is 2.36. The van der Waals surface area contributed by atoms with E-state index in [0.717, 1.165) is 23.1 Å². The minimum absolute atomic E-state index is 0.0693. The highest BCUT2D eigenvalue weighted by Gasteiger charge is 2.21. The van der Waals surface area contributed by atoms with Gasteiger partial charge in [0.15, 0.2) is 0 Å². The Hall–Kier alpha value is -2.82. The third-order valence-corrected chi connectivity index (χ3v) is 4.35. The Morgan fingerprint density at radius 3 is 2.58 bits per heavy atom. The molecule has 0 atom stereocenters. The Morgan fingerprint density at radius 2 is 1.88 bits per heavy atom. The van der Waals surface area contributed by atoms with Gasteiger partial charge in [-0.25, -0.2) is 4.79 Å². The van der Waals surface area contributed by atoms with Gasteiger partial charge in [0.05, 0.1) is 0 Å². The molecule has 2 aromatic carbocycles. The van der Waals surface area contributed by atoms with Gasteiger partial charge < -0.3 is 16.0 Å². The van der Waals surface area contributed by atoms with Crippen LogP contribution in [0.5, 0.6) is 0 Å². The lowest BCUT2D eigenvalue weighted by Gasteiger charge is -2.29. The first kappa shape index (κ1) is 16.1. The molecular weight excluding hydrogens is 302 g/mol. The van der Waals surface area contributed by atoms with Gasteiger partial charge in [-0.3, -0.25) is 4.79 Å². The number of hydrogen-bond donors (Lipinski definition) is 2. The molecule has 1 heterocycles. The molecule has 2 aromatic rings. The molecule has 0 saturated heterocycles. The number of nitrogens with zero attached hydrogens (tertiary/aromatic N) is 1. The summed E-state index contributed by atoms with van der Waals surface area (Å²) in [5, 5.41) is 2.96. The minimum atomic E-state index is -0.420. The second-order valence-electron chi connectivity index (χ2n) is 6.16. The third kappa shape index (κ3) is 3.56. The number of urea groups is 1. The fourth-order valence-corrected chi connectivity index (χ4v) is 2.88. The molecule has 5 heteroatoms. The van der Waals surface area contributed by atoms with E-state index in [1.165, 1.54) is 5.56 Å². The van der Waals surface area contributed by atoms with Crippen molar-refractivity contribution in [2.75, 3.05) is 6.54 Å². The van der Waals surface area contributed by atoms with Crippen LogP contribution in [0.25, 0.3) is 0 Å². The molecular formula is C19H21N3O2. The van der Waals surface area contributed by atoms with Gasteiger partial charge in [-0.05, 0) is 42.2 Å². The number of rotatable bonds is 3. The highest BCUT2D eigenvalue weighted by molar-refractivity contribution is 5.93. The Morgan fingerprint density at radius 1 is 1.12 bits per heavy atom. The molecule has 3 N–H and O–H groups in total. The summed E-state index contributed by atoms with van der Waals surface area (Å²) in [5.41, 5.74) is 10.3. The lowest BCUT2D eigenvalue weighted by molar-refractivity contribution is 0.1000. The summed E-state index contributed by atoms with van der Waals surface area (Å²) in [6.45, 7) is 3.74. The van der Waals surface area contributed by atoms with Crippen LogP contribution in [0.1, 0.15) is 32.6 Å². The number of hydrogen-bond acceptors (Lipinski definition) is 2. The van der Waals surface area contributed by atoms with Gasteiger partial charge in [-0.2, -0.15) is 0 Å². The maximum Gasteiger partial charge on any atom is 0.317 e. The molecule has 0 spiro atoms. The summed E-state index contributed by atoms with van der Waals surface area (Å²) in [7, 11) is 0. The normalized spacial score (nSPS) is 13.3. The van der Waals surface area contributed by atoms with Crippen LogP contribution < -0.4 is 11.1 Å². The molecule has 0 fully saturated rings. The smallest absolute Gasteiger partial charge is 0.317 e. The number of primary amides is 1. The van der Waals surface area contributed by atoms with Crippen molar-refractivity contribution in [1.29, 1.82) is 0 Å². The van der Waals surface area contributed by atoms with E-state index in [2.05, 4.69) is 5.32 Å². The van der Waals surface area contributed by atoms with Crippen molar-refractivity contribution in [2.45, 2.75) is 26.4 Å². The number of aryl methyl sites for hydroxylation is 1. The highest BCUT2D eigenvalue weighted by atomic mass is 16.2. The highest BCUT2D eigenvalue weighted by Crippen LogP contribution is 2.20. The maximum absolute atomic E-state index is 12.4. The molecule has 5 nitrogen and oxygen atoms in total. The van der Waals surface area contributed by atoms with E-state index in [9.17, 15) is 9.59 Å². The number of nitrogens with one attached hydrogen (secondary N) is 1. The van der Waals surface area contributed by atoms with Gasteiger partial charge >= 0.3 is 6.03 Å². The molecule has 0 unspecified atom stereocenters. The first-order valence-electron chi connectivity index (χ1n) is 8.03. The molecule has 0 aliphatic carbocycles. The van der Waals surface area contributed by atoms with Crippen LogP contribution in [0.4, 0.5) is 4.79 Å². The van der Waals surface area contributed by atoms with Crippen molar-refractivity contribution in [3.05, 3.63) is 70.3 Å². The largest absolute Gasteiger partial charge is 0.366 e. The van der Waals surface area contributed by atoms with Crippen molar-refractivity contribution in [3.63, 3.8) is 0 Å². The topological polar surface area (TPSA) is 75.4 Å². The lowest BCUT2D eigenvalue weighted by atomic mass is 9.97. The van der Waals surface area contributed by atoms with Crippen LogP contribution >= 0.6 is 0 Å². The van der Waals surface area contributed by atoms with E-state index in [1.54, 1.807) is 11.0 Å². The number of nitrogens with two attached hydrogens (primary N) is 1. The zero-order valence-electron chi connectivity index (χ0n) is 13.7. The number of benzene rings is 2. The van der Waals surface area contributed by atoms with E-state index in [4.69, 9.17) is 5.73 Å². The quantitative estimate of drug-likeness (QED) is 0.910. The van der Waals surface area contributed by atoms with Crippen molar-refractivity contribution in [2.24, 2.45) is 5.73 Å². The van der Waals surface area contributed by atoms with Gasteiger partial charge in [0, 0.05) is 25.2 Å². The third-order valence-electron chi connectivity index (χ3n) is 4.35. The molecule has 3 amide bonds. The van der Waals surface area contributed by atoms with E-state index in [1.807, 2.05) is 43.3 Å². The summed E-state index contributed by atoms with van der Waals surface area (Å²) in [6, 6.07) is 13.5. The average Bonchev–Trinajstić information content (AvgIpc) is 2.60. The number of carbonyl (C=O) groups is 2. The molecule has 0 saturated carbocycles. The van der Waals surface area contributed by atoms with Crippen LogP contribution in [0.15, 0.2) is 42.5 Å². The van der Waals surface area contributed by atoms with Gasteiger partial charge in [-0.1, -0.05) is 35.9 Å². The van der Waals surface area contributed by atoms with Gasteiger partial charge in [0.2, 0.25) is 5.91 Å². The zero-order chi connectivity index (χ0) is 17.1. The molecule has 0 bridgehead atoms.